The number of benzene rings is 3. The number of nitrogens with zero attached hydrogens (tertiary/aromatic N) is 3. The molecule has 6 aromatic rings. The minimum Gasteiger partial charge on any atom is -0.507 e. The first-order valence-corrected chi connectivity index (χ1v) is 12.3. The van der Waals surface area contributed by atoms with Gasteiger partial charge in [0.1, 0.15) is 17.3 Å². The lowest BCUT2D eigenvalue weighted by Crippen LogP contribution is -2.13. The van der Waals surface area contributed by atoms with Gasteiger partial charge in [-0.05, 0) is 47.4 Å². The molecule has 6 rings (SSSR count). The number of H-pyrrole nitrogens is 1. The molecule has 0 aliphatic heterocycles. The molecule has 0 fully saturated rings. The summed E-state index contributed by atoms with van der Waals surface area (Å²) in [6.07, 6.45) is 1.77. The van der Waals surface area contributed by atoms with Gasteiger partial charge in [-0.25, -0.2) is 4.98 Å². The van der Waals surface area contributed by atoms with Crippen molar-refractivity contribution in [2.24, 2.45) is 0 Å². The van der Waals surface area contributed by atoms with E-state index in [1.807, 2.05) is 86.9 Å². The van der Waals surface area contributed by atoms with Gasteiger partial charge in [-0.2, -0.15) is 9.61 Å². The number of phenolic OH excluding ortho intramolecular Hbond substituents is 1. The van der Waals surface area contributed by atoms with Gasteiger partial charge in [0, 0.05) is 41.0 Å². The summed E-state index contributed by atoms with van der Waals surface area (Å²) in [6, 6.07) is 26.3. The number of amides is 1. The van der Waals surface area contributed by atoms with Crippen LogP contribution in [0.25, 0.3) is 27.8 Å². The smallest absolute Gasteiger partial charge is 0.272 e. The fraction of sp³-hybridized carbons (Fsp3) is 0.0690. The standard InChI is InChI=1S/C29H24BN6O2/c1-30-22-17-32-36-27(15-24(35-28(22)36)21-10-3-5-12-26(21)37)31-16-18-7-6-9-20(13-18)33-29(38)25-14-19-8-2-4-11-23(19)34-25/h2-15,17,31,34,37H,16H2,1H3,(H,33,38). The van der Waals surface area contributed by atoms with Crippen LogP contribution < -0.4 is 16.1 Å². The minimum atomic E-state index is -0.200. The topological polar surface area (TPSA) is 107 Å². The van der Waals surface area contributed by atoms with Crippen molar-refractivity contribution in [2.45, 2.75) is 13.4 Å². The normalized spacial score (nSPS) is 11.1. The first-order chi connectivity index (χ1) is 18.6. The summed E-state index contributed by atoms with van der Waals surface area (Å²) < 4.78 is 1.75. The van der Waals surface area contributed by atoms with E-state index in [2.05, 4.69) is 20.7 Å². The van der Waals surface area contributed by atoms with Gasteiger partial charge in [0.2, 0.25) is 0 Å². The van der Waals surface area contributed by atoms with Gasteiger partial charge in [0.15, 0.2) is 12.9 Å². The highest BCUT2D eigenvalue weighted by Gasteiger charge is 2.14. The summed E-state index contributed by atoms with van der Waals surface area (Å²) in [4.78, 5) is 20.8. The molecule has 0 aliphatic carbocycles. The van der Waals surface area contributed by atoms with E-state index in [-0.39, 0.29) is 11.7 Å². The van der Waals surface area contributed by atoms with E-state index in [9.17, 15) is 9.90 Å². The Hall–Kier alpha value is -5.05. The van der Waals surface area contributed by atoms with Crippen molar-refractivity contribution in [3.8, 4) is 17.0 Å². The van der Waals surface area contributed by atoms with Crippen LogP contribution in [0.3, 0.4) is 0 Å². The second-order valence-corrected chi connectivity index (χ2v) is 8.95. The lowest BCUT2D eigenvalue weighted by atomic mass is 9.75. The zero-order chi connectivity index (χ0) is 26.1. The van der Waals surface area contributed by atoms with Crippen molar-refractivity contribution < 1.29 is 9.90 Å². The molecular formula is C29H24BN6O2. The average Bonchev–Trinajstić information content (AvgIpc) is 3.56. The third kappa shape index (κ3) is 4.46. The Labute approximate surface area is 219 Å². The number of aromatic amines is 1. The highest BCUT2D eigenvalue weighted by atomic mass is 16.3. The molecule has 0 saturated carbocycles. The number of hydrogen-bond donors (Lipinski definition) is 4. The van der Waals surface area contributed by atoms with Gasteiger partial charge in [-0.1, -0.05) is 49.3 Å². The predicted octanol–water partition coefficient (Wildman–Crippen LogP) is 4.83. The summed E-state index contributed by atoms with van der Waals surface area (Å²) in [7, 11) is 1.95. The van der Waals surface area contributed by atoms with Crippen molar-refractivity contribution in [1.29, 1.82) is 0 Å². The molecule has 8 nitrogen and oxygen atoms in total. The highest BCUT2D eigenvalue weighted by molar-refractivity contribution is 6.54. The number of fused-ring (bicyclic) bond motifs is 2. The van der Waals surface area contributed by atoms with E-state index < -0.39 is 0 Å². The Morgan fingerprint density at radius 1 is 1.03 bits per heavy atom. The van der Waals surface area contributed by atoms with E-state index in [1.54, 1.807) is 22.8 Å². The molecule has 0 spiro atoms. The summed E-state index contributed by atoms with van der Waals surface area (Å²) in [5.41, 5.74) is 5.97. The molecule has 38 heavy (non-hydrogen) atoms. The largest absolute Gasteiger partial charge is 0.507 e. The van der Waals surface area contributed by atoms with Crippen LogP contribution in [-0.4, -0.2) is 37.9 Å². The first kappa shape index (κ1) is 23.4. The van der Waals surface area contributed by atoms with Crippen LogP contribution in [0.2, 0.25) is 6.82 Å². The number of phenols is 1. The Bertz CT molecular complexity index is 1760. The second kappa shape index (κ2) is 9.78. The maximum Gasteiger partial charge on any atom is 0.272 e. The van der Waals surface area contributed by atoms with E-state index in [0.29, 0.717) is 34.8 Å². The molecule has 3 aromatic heterocycles. The van der Waals surface area contributed by atoms with Gasteiger partial charge in [0.25, 0.3) is 5.91 Å². The van der Waals surface area contributed by atoms with Gasteiger partial charge in [-0.15, -0.1) is 0 Å². The van der Waals surface area contributed by atoms with Crippen molar-refractivity contribution in [3.63, 3.8) is 0 Å². The molecule has 4 N–H and O–H groups in total. The van der Waals surface area contributed by atoms with E-state index in [0.717, 1.165) is 27.7 Å². The lowest BCUT2D eigenvalue weighted by molar-refractivity contribution is 0.102. The number of rotatable bonds is 7. The maximum atomic E-state index is 12.9. The zero-order valence-corrected chi connectivity index (χ0v) is 20.6. The van der Waals surface area contributed by atoms with Crippen molar-refractivity contribution in [2.75, 3.05) is 10.6 Å². The maximum absolute atomic E-state index is 12.9. The number of anilines is 2. The van der Waals surface area contributed by atoms with Crippen LogP contribution >= 0.6 is 0 Å². The molecule has 9 heteroatoms. The number of carbonyl (C=O) groups excluding carboxylic acids is 1. The molecular weight excluding hydrogens is 475 g/mol. The Balaban J connectivity index is 1.25. The van der Waals surface area contributed by atoms with Crippen molar-refractivity contribution in [3.05, 3.63) is 102 Å². The van der Waals surface area contributed by atoms with Crippen LogP contribution in [-0.2, 0) is 6.54 Å². The third-order valence-corrected chi connectivity index (χ3v) is 6.42. The summed E-state index contributed by atoms with van der Waals surface area (Å²) in [6.45, 7) is 2.43. The fourth-order valence-corrected chi connectivity index (χ4v) is 4.48. The highest BCUT2D eigenvalue weighted by Crippen LogP contribution is 2.29. The molecule has 0 saturated heterocycles. The van der Waals surface area contributed by atoms with E-state index in [4.69, 9.17) is 4.98 Å². The van der Waals surface area contributed by atoms with Crippen LogP contribution in [0.15, 0.2) is 91.1 Å². The molecule has 185 valence electrons. The SMILES string of the molecule is C[B]c1cnn2c(NCc3cccc(NC(=O)c4cc5ccccc5[nH]4)c3)cc(-c3ccccc3O)nc12. The molecule has 0 unspecified atom stereocenters. The molecule has 3 aromatic carbocycles. The zero-order valence-electron chi connectivity index (χ0n) is 20.6. The second-order valence-electron chi connectivity index (χ2n) is 8.95. The Morgan fingerprint density at radius 2 is 1.87 bits per heavy atom. The van der Waals surface area contributed by atoms with Crippen LogP contribution in [0.1, 0.15) is 16.1 Å². The molecule has 0 aliphatic rings. The first-order valence-electron chi connectivity index (χ1n) is 12.3. The number of aromatic nitrogens is 4. The number of carbonyl (C=O) groups is 1. The van der Waals surface area contributed by atoms with Crippen molar-refractivity contribution >= 4 is 46.7 Å². The minimum absolute atomic E-state index is 0.162. The Kier molecular flexibility index (Phi) is 6.01. The van der Waals surface area contributed by atoms with E-state index in [1.165, 1.54) is 0 Å². The third-order valence-electron chi connectivity index (χ3n) is 6.42. The summed E-state index contributed by atoms with van der Waals surface area (Å²) in [5.74, 6) is 0.693. The van der Waals surface area contributed by atoms with E-state index >= 15 is 0 Å². The van der Waals surface area contributed by atoms with Crippen LogP contribution in [0.5, 0.6) is 5.75 Å². The molecule has 0 bridgehead atoms. The number of aromatic hydroxyl groups is 1. The van der Waals surface area contributed by atoms with Gasteiger partial charge < -0.3 is 20.7 Å². The van der Waals surface area contributed by atoms with Gasteiger partial charge >= 0.3 is 0 Å². The molecule has 1 radical (unpaired) electrons. The number of nitrogens with one attached hydrogen (secondary N) is 3. The van der Waals surface area contributed by atoms with Gasteiger partial charge in [0.05, 0.1) is 5.69 Å². The monoisotopic (exact) mass is 499 g/mol. The Morgan fingerprint density at radius 3 is 2.71 bits per heavy atom. The molecule has 1 amide bonds. The molecule has 0 atom stereocenters. The molecule has 3 heterocycles. The predicted molar refractivity (Wildman–Crippen MR) is 151 cm³/mol. The van der Waals surface area contributed by atoms with Crippen LogP contribution in [0, 0.1) is 0 Å². The fourth-order valence-electron chi connectivity index (χ4n) is 4.48. The number of para-hydroxylation sites is 2. The summed E-state index contributed by atoms with van der Waals surface area (Å²) in [5, 5.41) is 22.3. The van der Waals surface area contributed by atoms with Crippen LogP contribution in [0.4, 0.5) is 11.5 Å². The number of hydrogen-bond acceptors (Lipinski definition) is 5. The van der Waals surface area contributed by atoms with Crippen molar-refractivity contribution in [1.82, 2.24) is 19.6 Å². The average molecular weight is 499 g/mol. The quantitative estimate of drug-likeness (QED) is 0.236. The summed E-state index contributed by atoms with van der Waals surface area (Å²) >= 11 is 0. The van der Waals surface area contributed by atoms with Gasteiger partial charge in [-0.3, -0.25) is 4.79 Å². The lowest BCUT2D eigenvalue weighted by Gasteiger charge is -2.13.